The van der Waals surface area contributed by atoms with Crippen LogP contribution in [0.25, 0.3) is 0 Å². The van der Waals surface area contributed by atoms with Crippen molar-refractivity contribution in [2.45, 2.75) is 23.8 Å². The highest BCUT2D eigenvalue weighted by Crippen LogP contribution is 2.16. The number of amides is 2. The van der Waals surface area contributed by atoms with Crippen LogP contribution in [0, 0.1) is 0 Å². The maximum Gasteiger partial charge on any atom is 0.253 e. The van der Waals surface area contributed by atoms with Crippen molar-refractivity contribution in [2.24, 2.45) is 0 Å². The molecular formula is C17H25N3O5S. The lowest BCUT2D eigenvalue weighted by atomic mass is 10.1. The number of nitrogens with zero attached hydrogens (tertiary/aromatic N) is 2. The van der Waals surface area contributed by atoms with Crippen molar-refractivity contribution in [3.63, 3.8) is 0 Å². The quantitative estimate of drug-likeness (QED) is 0.731. The minimum Gasteiger partial charge on any atom is -0.383 e. The Morgan fingerprint density at radius 3 is 2.81 bits per heavy atom. The van der Waals surface area contributed by atoms with E-state index in [1.807, 2.05) is 0 Å². The number of likely N-dealkylation sites (tertiary alicyclic amines) is 1. The normalized spacial score (nSPS) is 18.0. The van der Waals surface area contributed by atoms with E-state index in [4.69, 9.17) is 4.74 Å². The van der Waals surface area contributed by atoms with Gasteiger partial charge in [-0.05, 0) is 24.6 Å². The van der Waals surface area contributed by atoms with Crippen LogP contribution in [0.1, 0.15) is 23.2 Å². The maximum atomic E-state index is 12.6. The largest absolute Gasteiger partial charge is 0.383 e. The molecule has 144 valence electrons. The third-order valence-corrected chi connectivity index (χ3v) is 5.84. The van der Waals surface area contributed by atoms with Crippen molar-refractivity contribution in [2.75, 3.05) is 40.9 Å². The number of benzene rings is 1. The van der Waals surface area contributed by atoms with Gasteiger partial charge in [0.1, 0.15) is 0 Å². The molecule has 1 atom stereocenters. The first-order valence-corrected chi connectivity index (χ1v) is 9.83. The first kappa shape index (κ1) is 20.3. The van der Waals surface area contributed by atoms with Gasteiger partial charge in [0, 0.05) is 52.3 Å². The van der Waals surface area contributed by atoms with E-state index in [0.29, 0.717) is 38.1 Å². The summed E-state index contributed by atoms with van der Waals surface area (Å²) in [6.07, 6.45) is 0.771. The van der Waals surface area contributed by atoms with E-state index in [-0.39, 0.29) is 22.8 Å². The molecule has 1 N–H and O–H groups in total. The molecule has 1 aromatic carbocycles. The number of likely N-dealkylation sites (N-methyl/N-ethyl adjacent to an activating group) is 2. The second-order valence-corrected chi connectivity index (χ2v) is 8.09. The lowest BCUT2D eigenvalue weighted by Crippen LogP contribution is -2.48. The van der Waals surface area contributed by atoms with Gasteiger partial charge in [-0.2, -0.15) is 0 Å². The lowest BCUT2D eigenvalue weighted by molar-refractivity contribution is -0.132. The molecule has 2 rings (SSSR count). The summed E-state index contributed by atoms with van der Waals surface area (Å²) in [5.41, 5.74) is 0.294. The van der Waals surface area contributed by atoms with Gasteiger partial charge in [-0.1, -0.05) is 6.07 Å². The zero-order valence-corrected chi connectivity index (χ0v) is 16.1. The molecule has 8 nitrogen and oxygen atoms in total. The van der Waals surface area contributed by atoms with Gasteiger partial charge in [-0.25, -0.2) is 13.1 Å². The second-order valence-electron chi connectivity index (χ2n) is 6.38. The molecule has 2 amide bonds. The standard InChI is InChI=1S/C17H25N3O5S/c1-19(9-10-25-3)17(22)13-5-4-6-15(11-13)26(23,24)18-14-7-8-16(21)20(2)12-14/h4-6,11,14,18H,7-10,12H2,1-3H3/t14-/m0/s1. The van der Waals surface area contributed by atoms with E-state index >= 15 is 0 Å². The number of nitrogens with one attached hydrogen (secondary N) is 1. The molecular weight excluding hydrogens is 358 g/mol. The van der Waals surface area contributed by atoms with Gasteiger partial charge in [0.15, 0.2) is 0 Å². The third kappa shape index (κ3) is 5.03. The Morgan fingerprint density at radius 1 is 1.42 bits per heavy atom. The van der Waals surface area contributed by atoms with Gasteiger partial charge in [0.2, 0.25) is 15.9 Å². The Hall–Kier alpha value is -1.97. The summed E-state index contributed by atoms with van der Waals surface area (Å²) in [5, 5.41) is 0. The summed E-state index contributed by atoms with van der Waals surface area (Å²) in [7, 11) is 1.05. The number of hydrogen-bond donors (Lipinski definition) is 1. The molecule has 0 aromatic heterocycles. The highest BCUT2D eigenvalue weighted by Gasteiger charge is 2.27. The maximum absolute atomic E-state index is 12.6. The first-order chi connectivity index (χ1) is 12.2. The average Bonchev–Trinajstić information content (AvgIpc) is 2.62. The highest BCUT2D eigenvalue weighted by molar-refractivity contribution is 7.89. The van der Waals surface area contributed by atoms with Gasteiger partial charge in [0.05, 0.1) is 11.5 Å². The SMILES string of the molecule is COCCN(C)C(=O)c1cccc(S(=O)(=O)N[C@H]2CCC(=O)N(C)C2)c1. The van der Waals surface area contributed by atoms with Gasteiger partial charge in [-0.3, -0.25) is 9.59 Å². The van der Waals surface area contributed by atoms with Crippen molar-refractivity contribution in [1.82, 2.24) is 14.5 Å². The summed E-state index contributed by atoms with van der Waals surface area (Å²) >= 11 is 0. The van der Waals surface area contributed by atoms with E-state index < -0.39 is 10.0 Å². The van der Waals surface area contributed by atoms with Gasteiger partial charge in [0.25, 0.3) is 5.91 Å². The molecule has 1 aliphatic heterocycles. The number of piperidine rings is 1. The minimum atomic E-state index is -3.78. The highest BCUT2D eigenvalue weighted by atomic mass is 32.2. The zero-order valence-electron chi connectivity index (χ0n) is 15.3. The summed E-state index contributed by atoms with van der Waals surface area (Å²) in [6.45, 7) is 1.14. The lowest BCUT2D eigenvalue weighted by Gasteiger charge is -2.30. The fourth-order valence-corrected chi connectivity index (χ4v) is 4.05. The molecule has 1 aliphatic rings. The summed E-state index contributed by atoms with van der Waals surface area (Å²) in [4.78, 5) is 27.0. The number of methoxy groups -OCH3 is 1. The van der Waals surface area contributed by atoms with E-state index in [2.05, 4.69) is 4.72 Å². The molecule has 0 unspecified atom stereocenters. The predicted octanol–water partition coefficient (Wildman–Crippen LogP) is 0.304. The van der Waals surface area contributed by atoms with Crippen LogP contribution < -0.4 is 4.72 Å². The average molecular weight is 383 g/mol. The number of carbonyl (C=O) groups excluding carboxylic acids is 2. The Kier molecular flexibility index (Phi) is 6.74. The summed E-state index contributed by atoms with van der Waals surface area (Å²) in [6, 6.07) is 5.60. The topological polar surface area (TPSA) is 96.0 Å². The Labute approximate surface area is 154 Å². The number of ether oxygens (including phenoxy) is 1. The Morgan fingerprint density at radius 2 is 2.15 bits per heavy atom. The smallest absolute Gasteiger partial charge is 0.253 e. The molecule has 1 saturated heterocycles. The number of carbonyl (C=O) groups is 2. The number of sulfonamides is 1. The minimum absolute atomic E-state index is 0.00661. The van der Waals surface area contributed by atoms with Crippen LogP contribution in [0.4, 0.5) is 0 Å². The molecule has 1 heterocycles. The monoisotopic (exact) mass is 383 g/mol. The molecule has 1 aromatic rings. The van der Waals surface area contributed by atoms with Crippen LogP contribution in [0.5, 0.6) is 0 Å². The number of hydrogen-bond acceptors (Lipinski definition) is 5. The van der Waals surface area contributed by atoms with Crippen LogP contribution in [-0.2, 0) is 19.6 Å². The number of rotatable bonds is 7. The Bertz CT molecular complexity index is 765. The summed E-state index contributed by atoms with van der Waals surface area (Å²) < 4.78 is 32.9. The molecule has 0 radical (unpaired) electrons. The predicted molar refractivity (Wildman–Crippen MR) is 96.3 cm³/mol. The van der Waals surface area contributed by atoms with Crippen molar-refractivity contribution in [3.8, 4) is 0 Å². The van der Waals surface area contributed by atoms with Crippen LogP contribution >= 0.6 is 0 Å². The molecule has 1 fully saturated rings. The zero-order chi connectivity index (χ0) is 19.3. The van der Waals surface area contributed by atoms with Crippen LogP contribution in [-0.4, -0.2) is 77.0 Å². The van der Waals surface area contributed by atoms with Crippen molar-refractivity contribution in [3.05, 3.63) is 29.8 Å². The van der Waals surface area contributed by atoms with E-state index in [9.17, 15) is 18.0 Å². The van der Waals surface area contributed by atoms with E-state index in [1.54, 1.807) is 33.3 Å². The molecule has 0 bridgehead atoms. The fraction of sp³-hybridized carbons (Fsp3) is 0.529. The van der Waals surface area contributed by atoms with Crippen LogP contribution in [0.15, 0.2) is 29.2 Å². The van der Waals surface area contributed by atoms with Gasteiger partial charge < -0.3 is 14.5 Å². The van der Waals surface area contributed by atoms with Crippen LogP contribution in [0.2, 0.25) is 0 Å². The molecule has 9 heteroatoms. The molecule has 26 heavy (non-hydrogen) atoms. The summed E-state index contributed by atoms with van der Waals surface area (Å²) in [5.74, 6) is -0.269. The second kappa shape index (κ2) is 8.61. The Balaban J connectivity index is 2.12. The first-order valence-electron chi connectivity index (χ1n) is 8.35. The van der Waals surface area contributed by atoms with E-state index in [1.165, 1.54) is 21.9 Å². The molecule has 0 spiro atoms. The third-order valence-electron chi connectivity index (χ3n) is 4.32. The van der Waals surface area contributed by atoms with Crippen LogP contribution in [0.3, 0.4) is 0 Å². The van der Waals surface area contributed by atoms with Crippen molar-refractivity contribution < 1.29 is 22.7 Å². The molecule has 0 saturated carbocycles. The van der Waals surface area contributed by atoms with Crippen molar-refractivity contribution in [1.29, 1.82) is 0 Å². The van der Waals surface area contributed by atoms with Gasteiger partial charge in [-0.15, -0.1) is 0 Å². The van der Waals surface area contributed by atoms with Crippen molar-refractivity contribution >= 4 is 21.8 Å². The molecule has 0 aliphatic carbocycles. The van der Waals surface area contributed by atoms with Gasteiger partial charge >= 0.3 is 0 Å². The fourth-order valence-electron chi connectivity index (χ4n) is 2.74. The van der Waals surface area contributed by atoms with E-state index in [0.717, 1.165) is 0 Å².